The van der Waals surface area contributed by atoms with Crippen molar-refractivity contribution >= 4 is 34.8 Å². The molecule has 0 aliphatic heterocycles. The second-order valence-corrected chi connectivity index (χ2v) is 9.06. The summed E-state index contributed by atoms with van der Waals surface area (Å²) in [7, 11) is 0. The molecule has 0 saturated heterocycles. The van der Waals surface area contributed by atoms with E-state index in [1.807, 2.05) is 37.8 Å². The summed E-state index contributed by atoms with van der Waals surface area (Å²) in [4.78, 5) is 39.0. The molecule has 0 saturated carbocycles. The zero-order valence-corrected chi connectivity index (χ0v) is 20.3. The smallest absolute Gasteiger partial charge is 0.253 e. The zero-order valence-electron chi connectivity index (χ0n) is 20.3. The molecule has 0 heterocycles. The minimum atomic E-state index is -0.492. The number of carbonyl (C=O) groups excluding carboxylic acids is 3. The molecule has 0 atom stereocenters. The summed E-state index contributed by atoms with van der Waals surface area (Å²) in [6.07, 6.45) is 1.83. The van der Waals surface area contributed by atoms with Crippen LogP contribution < -0.4 is 16.0 Å². The Balaban J connectivity index is 1.90. The maximum atomic E-state index is 12.7. The van der Waals surface area contributed by atoms with Crippen LogP contribution in [0.5, 0.6) is 0 Å². The van der Waals surface area contributed by atoms with Crippen LogP contribution in [0.4, 0.5) is 17.1 Å². The van der Waals surface area contributed by atoms with Crippen molar-refractivity contribution in [1.29, 1.82) is 0 Å². The summed E-state index contributed by atoms with van der Waals surface area (Å²) < 4.78 is 0. The highest BCUT2D eigenvalue weighted by Gasteiger charge is 2.21. The topological polar surface area (TPSA) is 90.5 Å². The van der Waals surface area contributed by atoms with Gasteiger partial charge in [-0.15, -0.1) is 0 Å². The zero-order chi connectivity index (χ0) is 24.4. The molecule has 2 aromatic carbocycles. The maximum absolute atomic E-state index is 12.7. The van der Waals surface area contributed by atoms with Crippen molar-refractivity contribution in [3.05, 3.63) is 54.1 Å². The van der Waals surface area contributed by atoms with Gasteiger partial charge in [0.2, 0.25) is 11.8 Å². The molecule has 178 valence electrons. The number of nitrogens with zero attached hydrogens (tertiary/aromatic N) is 1. The summed E-state index contributed by atoms with van der Waals surface area (Å²) in [6, 6.07) is 14.2. The molecule has 7 heteroatoms. The number of rotatable bonds is 10. The van der Waals surface area contributed by atoms with Crippen LogP contribution in [0, 0.1) is 5.41 Å². The summed E-state index contributed by atoms with van der Waals surface area (Å²) in [5.74, 6) is -0.277. The van der Waals surface area contributed by atoms with Crippen LogP contribution in [0.3, 0.4) is 0 Å². The van der Waals surface area contributed by atoms with Crippen LogP contribution in [-0.4, -0.2) is 42.3 Å². The minimum Gasteiger partial charge on any atom is -0.376 e. The molecule has 3 N–H and O–H groups in total. The highest BCUT2D eigenvalue weighted by molar-refractivity contribution is 5.97. The van der Waals surface area contributed by atoms with E-state index in [1.165, 1.54) is 0 Å². The quantitative estimate of drug-likeness (QED) is 0.474. The molecule has 33 heavy (non-hydrogen) atoms. The van der Waals surface area contributed by atoms with Crippen molar-refractivity contribution in [1.82, 2.24) is 4.90 Å². The van der Waals surface area contributed by atoms with E-state index in [-0.39, 0.29) is 24.3 Å². The van der Waals surface area contributed by atoms with Gasteiger partial charge in [0.05, 0.1) is 6.54 Å². The maximum Gasteiger partial charge on any atom is 0.253 e. The first-order chi connectivity index (χ1) is 15.6. The number of anilines is 3. The molecule has 7 nitrogen and oxygen atoms in total. The van der Waals surface area contributed by atoms with E-state index < -0.39 is 5.41 Å². The fraction of sp³-hybridized carbons (Fsp3) is 0.423. The van der Waals surface area contributed by atoms with E-state index in [0.717, 1.165) is 31.6 Å². The Kier molecular flexibility index (Phi) is 9.45. The van der Waals surface area contributed by atoms with Crippen molar-refractivity contribution in [2.45, 2.75) is 47.5 Å². The third-order valence-electron chi connectivity index (χ3n) is 4.94. The largest absolute Gasteiger partial charge is 0.376 e. The third-order valence-corrected chi connectivity index (χ3v) is 4.94. The molecule has 0 spiro atoms. The van der Waals surface area contributed by atoms with Gasteiger partial charge in [0.15, 0.2) is 0 Å². The van der Waals surface area contributed by atoms with Crippen LogP contribution in [0.25, 0.3) is 0 Å². The average Bonchev–Trinajstić information content (AvgIpc) is 2.77. The van der Waals surface area contributed by atoms with Gasteiger partial charge in [0, 0.05) is 41.1 Å². The standard InChI is InChI=1S/C26H36N4O3/c1-6-15-30(16-7-2)24(32)19-11-13-20(14-12-19)28-23(31)18-27-21-9-8-10-22(17-21)29-25(33)26(3,4)5/h8-14,17,27H,6-7,15-16,18H2,1-5H3,(H,28,31)(H,29,33). The Morgan fingerprint density at radius 2 is 1.42 bits per heavy atom. The lowest BCUT2D eigenvalue weighted by atomic mass is 9.95. The molecular formula is C26H36N4O3. The lowest BCUT2D eigenvalue weighted by Gasteiger charge is -2.21. The Morgan fingerprint density at radius 3 is 2.00 bits per heavy atom. The van der Waals surface area contributed by atoms with Crippen molar-refractivity contribution in [2.24, 2.45) is 5.41 Å². The molecule has 0 radical (unpaired) electrons. The van der Waals surface area contributed by atoms with E-state index in [1.54, 1.807) is 36.4 Å². The molecule has 0 aliphatic rings. The van der Waals surface area contributed by atoms with Gasteiger partial charge >= 0.3 is 0 Å². The van der Waals surface area contributed by atoms with Gasteiger partial charge in [0.1, 0.15) is 0 Å². The van der Waals surface area contributed by atoms with Crippen molar-refractivity contribution in [2.75, 3.05) is 35.6 Å². The molecule has 0 fully saturated rings. The van der Waals surface area contributed by atoms with Crippen molar-refractivity contribution in [3.8, 4) is 0 Å². The molecule has 0 aromatic heterocycles. The van der Waals surface area contributed by atoms with Gasteiger partial charge in [0.25, 0.3) is 5.91 Å². The molecule has 2 aromatic rings. The molecule has 0 unspecified atom stereocenters. The van der Waals surface area contributed by atoms with E-state index in [2.05, 4.69) is 29.8 Å². The van der Waals surface area contributed by atoms with Crippen molar-refractivity contribution < 1.29 is 14.4 Å². The van der Waals surface area contributed by atoms with Crippen molar-refractivity contribution in [3.63, 3.8) is 0 Å². The predicted octanol–water partition coefficient (Wildman–Crippen LogP) is 4.98. The first-order valence-corrected chi connectivity index (χ1v) is 11.5. The van der Waals surface area contributed by atoms with Crippen LogP contribution in [0.1, 0.15) is 57.8 Å². The highest BCUT2D eigenvalue weighted by Crippen LogP contribution is 2.20. The van der Waals surface area contributed by atoms with Gasteiger partial charge in [-0.2, -0.15) is 0 Å². The van der Waals surface area contributed by atoms with Gasteiger partial charge in [-0.3, -0.25) is 14.4 Å². The van der Waals surface area contributed by atoms with Gasteiger partial charge in [-0.25, -0.2) is 0 Å². The summed E-state index contributed by atoms with van der Waals surface area (Å²) in [6.45, 7) is 11.2. The highest BCUT2D eigenvalue weighted by atomic mass is 16.2. The molecule has 0 aliphatic carbocycles. The fourth-order valence-electron chi connectivity index (χ4n) is 3.15. The Hall–Kier alpha value is -3.35. The molecule has 2 rings (SSSR count). The summed E-state index contributed by atoms with van der Waals surface area (Å²) in [5, 5.41) is 8.77. The summed E-state index contributed by atoms with van der Waals surface area (Å²) in [5.41, 5.74) is 2.14. The number of amides is 3. The lowest BCUT2D eigenvalue weighted by Crippen LogP contribution is -2.32. The molecule has 3 amide bonds. The third kappa shape index (κ3) is 8.25. The summed E-state index contributed by atoms with van der Waals surface area (Å²) >= 11 is 0. The number of hydrogen-bond donors (Lipinski definition) is 3. The molecule has 0 bridgehead atoms. The Labute approximate surface area is 196 Å². The van der Waals surface area contributed by atoms with Gasteiger partial charge < -0.3 is 20.9 Å². The predicted molar refractivity (Wildman–Crippen MR) is 135 cm³/mol. The van der Waals surface area contributed by atoms with Crippen LogP contribution in [0.2, 0.25) is 0 Å². The first kappa shape index (κ1) is 25.9. The van der Waals surface area contributed by atoms with E-state index >= 15 is 0 Å². The SMILES string of the molecule is CCCN(CCC)C(=O)c1ccc(NC(=O)CNc2cccc(NC(=O)C(C)(C)C)c2)cc1. The Morgan fingerprint density at radius 1 is 0.818 bits per heavy atom. The van der Waals surface area contributed by atoms with E-state index in [9.17, 15) is 14.4 Å². The first-order valence-electron chi connectivity index (χ1n) is 11.5. The second kappa shape index (κ2) is 12.0. The molecular weight excluding hydrogens is 416 g/mol. The van der Waals surface area contributed by atoms with E-state index in [0.29, 0.717) is 16.9 Å². The van der Waals surface area contributed by atoms with Gasteiger partial charge in [-0.05, 0) is 55.3 Å². The number of hydrogen-bond acceptors (Lipinski definition) is 4. The van der Waals surface area contributed by atoms with Crippen LogP contribution in [-0.2, 0) is 9.59 Å². The number of carbonyl (C=O) groups is 3. The fourth-order valence-corrected chi connectivity index (χ4v) is 3.15. The normalized spacial score (nSPS) is 10.9. The number of benzene rings is 2. The monoisotopic (exact) mass is 452 g/mol. The average molecular weight is 453 g/mol. The lowest BCUT2D eigenvalue weighted by molar-refractivity contribution is -0.123. The Bertz CT molecular complexity index is 943. The van der Waals surface area contributed by atoms with Crippen LogP contribution >= 0.6 is 0 Å². The number of nitrogens with one attached hydrogen (secondary N) is 3. The van der Waals surface area contributed by atoms with Crippen LogP contribution in [0.15, 0.2) is 48.5 Å². The minimum absolute atomic E-state index is 0.0108. The second-order valence-electron chi connectivity index (χ2n) is 9.06. The van der Waals surface area contributed by atoms with E-state index in [4.69, 9.17) is 0 Å². The van der Waals surface area contributed by atoms with Gasteiger partial charge in [-0.1, -0.05) is 40.7 Å².